The van der Waals surface area contributed by atoms with E-state index in [2.05, 4.69) is 49.0 Å². The topological polar surface area (TPSA) is 105 Å². The SMILES string of the molecule is Cc1ccc(Nc2nc(-c3ccc(C(=O)N/N=C/c4ccc(OCC(=O)Nc5ccc(C)cc5C)c(Br)c4)cc3)cs2)cc1. The van der Waals surface area contributed by atoms with E-state index in [-0.39, 0.29) is 18.4 Å². The lowest BCUT2D eigenvalue weighted by Crippen LogP contribution is -2.20. The van der Waals surface area contributed by atoms with Gasteiger partial charge in [0.15, 0.2) is 11.7 Å². The average Bonchev–Trinajstić information content (AvgIpc) is 3.48. The van der Waals surface area contributed by atoms with E-state index >= 15 is 0 Å². The smallest absolute Gasteiger partial charge is 0.271 e. The van der Waals surface area contributed by atoms with Gasteiger partial charge in [-0.1, -0.05) is 47.5 Å². The summed E-state index contributed by atoms with van der Waals surface area (Å²) in [7, 11) is 0. The molecule has 5 rings (SSSR count). The van der Waals surface area contributed by atoms with Crippen LogP contribution in [0, 0.1) is 20.8 Å². The number of anilines is 3. The molecule has 5 aromatic rings. The average molecular weight is 669 g/mol. The minimum absolute atomic E-state index is 0.137. The normalized spacial score (nSPS) is 10.9. The standard InChI is InChI=1S/C34H30BrN5O3S/c1-21-4-12-27(13-5-21)37-34-39-30(20-44-34)25-8-10-26(11-9-25)33(42)40-36-18-24-7-15-31(28(35)17-24)43-19-32(41)38-29-14-6-22(2)16-23(29)3/h4-18,20H,19H2,1-3H3,(H,37,39)(H,38,41)(H,40,42)/b36-18+. The van der Waals surface area contributed by atoms with E-state index in [0.29, 0.717) is 15.8 Å². The van der Waals surface area contributed by atoms with E-state index < -0.39 is 0 Å². The molecule has 0 unspecified atom stereocenters. The lowest BCUT2D eigenvalue weighted by atomic mass is 10.1. The summed E-state index contributed by atoms with van der Waals surface area (Å²) in [5.74, 6) is -0.0708. The summed E-state index contributed by atoms with van der Waals surface area (Å²) in [6, 6.07) is 26.5. The van der Waals surface area contributed by atoms with Gasteiger partial charge in [-0.15, -0.1) is 11.3 Å². The number of benzene rings is 4. The molecule has 0 spiro atoms. The highest BCUT2D eigenvalue weighted by Crippen LogP contribution is 2.28. The molecule has 0 bridgehead atoms. The fourth-order valence-electron chi connectivity index (χ4n) is 4.24. The van der Waals surface area contributed by atoms with Crippen LogP contribution in [0.3, 0.4) is 0 Å². The Kier molecular flexibility index (Phi) is 9.83. The number of carbonyl (C=O) groups is 2. The molecule has 0 aliphatic heterocycles. The molecule has 10 heteroatoms. The van der Waals surface area contributed by atoms with Crippen LogP contribution in [-0.4, -0.2) is 29.6 Å². The zero-order valence-corrected chi connectivity index (χ0v) is 26.8. The van der Waals surface area contributed by atoms with Gasteiger partial charge in [-0.3, -0.25) is 9.59 Å². The molecular formula is C34H30BrN5O3S. The zero-order valence-electron chi connectivity index (χ0n) is 24.4. The first kappa shape index (κ1) is 30.7. The number of hydrazone groups is 1. The molecule has 44 heavy (non-hydrogen) atoms. The lowest BCUT2D eigenvalue weighted by molar-refractivity contribution is -0.118. The molecule has 2 amide bonds. The summed E-state index contributed by atoms with van der Waals surface area (Å²) in [5.41, 5.74) is 10.6. The number of thiazole rings is 1. The van der Waals surface area contributed by atoms with Crippen LogP contribution in [0.1, 0.15) is 32.6 Å². The molecule has 0 radical (unpaired) electrons. The molecule has 1 heterocycles. The number of carbonyl (C=O) groups excluding carboxylic acids is 2. The fraction of sp³-hybridized carbons (Fsp3) is 0.118. The van der Waals surface area contributed by atoms with Gasteiger partial charge in [0.05, 0.1) is 16.4 Å². The van der Waals surface area contributed by atoms with Crippen molar-refractivity contribution in [1.29, 1.82) is 0 Å². The molecule has 0 aliphatic rings. The maximum Gasteiger partial charge on any atom is 0.271 e. The van der Waals surface area contributed by atoms with Crippen molar-refractivity contribution >= 4 is 61.8 Å². The van der Waals surface area contributed by atoms with Gasteiger partial charge >= 0.3 is 0 Å². The molecule has 222 valence electrons. The second kappa shape index (κ2) is 14.1. The molecule has 4 aromatic carbocycles. The number of amides is 2. The number of hydrogen-bond donors (Lipinski definition) is 3. The first-order chi connectivity index (χ1) is 21.2. The van der Waals surface area contributed by atoms with Crippen LogP contribution >= 0.6 is 27.3 Å². The molecule has 3 N–H and O–H groups in total. The molecule has 0 fully saturated rings. The van der Waals surface area contributed by atoms with Gasteiger partial charge < -0.3 is 15.4 Å². The second-order valence-electron chi connectivity index (χ2n) is 10.2. The van der Waals surface area contributed by atoms with Gasteiger partial charge in [0.2, 0.25) is 0 Å². The van der Waals surface area contributed by atoms with Crippen molar-refractivity contribution in [2.45, 2.75) is 20.8 Å². The van der Waals surface area contributed by atoms with Crippen molar-refractivity contribution in [2.24, 2.45) is 5.10 Å². The summed E-state index contributed by atoms with van der Waals surface area (Å²) in [6.45, 7) is 5.87. The monoisotopic (exact) mass is 667 g/mol. The Hall–Kier alpha value is -4.80. The third-order valence-corrected chi connectivity index (χ3v) is 7.98. The molecule has 8 nitrogen and oxygen atoms in total. The van der Waals surface area contributed by atoms with E-state index in [1.54, 1.807) is 30.3 Å². The fourth-order valence-corrected chi connectivity index (χ4v) is 5.50. The summed E-state index contributed by atoms with van der Waals surface area (Å²) in [5, 5.41) is 13.0. The highest BCUT2D eigenvalue weighted by Gasteiger charge is 2.10. The minimum Gasteiger partial charge on any atom is -0.483 e. The molecule has 1 aromatic heterocycles. The Bertz CT molecular complexity index is 1820. The Balaban J connectivity index is 1.11. The number of aromatic nitrogens is 1. The predicted octanol–water partition coefficient (Wildman–Crippen LogP) is 8.02. The molecule has 0 aliphatic carbocycles. The first-order valence-electron chi connectivity index (χ1n) is 13.8. The Morgan fingerprint density at radius 1 is 0.932 bits per heavy atom. The van der Waals surface area contributed by atoms with E-state index in [9.17, 15) is 9.59 Å². The van der Waals surface area contributed by atoms with E-state index in [1.165, 1.54) is 23.1 Å². The molecule has 0 saturated carbocycles. The minimum atomic E-state index is -0.332. The molecular weight excluding hydrogens is 638 g/mol. The van der Waals surface area contributed by atoms with E-state index in [1.807, 2.05) is 73.8 Å². The van der Waals surface area contributed by atoms with Crippen LogP contribution in [-0.2, 0) is 4.79 Å². The lowest BCUT2D eigenvalue weighted by Gasteiger charge is -2.11. The number of nitrogens with one attached hydrogen (secondary N) is 3. The summed E-state index contributed by atoms with van der Waals surface area (Å²) >= 11 is 4.99. The maximum absolute atomic E-state index is 12.6. The van der Waals surface area contributed by atoms with Crippen LogP contribution in [0.4, 0.5) is 16.5 Å². The van der Waals surface area contributed by atoms with Crippen molar-refractivity contribution in [2.75, 3.05) is 17.2 Å². The van der Waals surface area contributed by atoms with Gasteiger partial charge in [-0.2, -0.15) is 5.10 Å². The summed E-state index contributed by atoms with van der Waals surface area (Å²) in [6.07, 6.45) is 1.53. The second-order valence-corrected chi connectivity index (χ2v) is 11.9. The molecule has 0 saturated heterocycles. The van der Waals surface area contributed by atoms with E-state index in [4.69, 9.17) is 4.74 Å². The number of halogens is 1. The predicted molar refractivity (Wildman–Crippen MR) is 181 cm³/mol. The van der Waals surface area contributed by atoms with Crippen molar-refractivity contribution in [1.82, 2.24) is 10.4 Å². The quantitative estimate of drug-likeness (QED) is 0.103. The highest BCUT2D eigenvalue weighted by atomic mass is 79.9. The van der Waals surface area contributed by atoms with Gasteiger partial charge in [-0.25, -0.2) is 10.4 Å². The number of hydrogen-bond acceptors (Lipinski definition) is 7. The first-order valence-corrected chi connectivity index (χ1v) is 15.4. The number of ether oxygens (including phenoxy) is 1. The highest BCUT2D eigenvalue weighted by molar-refractivity contribution is 9.10. The van der Waals surface area contributed by atoms with Gasteiger partial charge in [0.25, 0.3) is 11.8 Å². The third-order valence-electron chi connectivity index (χ3n) is 6.60. The van der Waals surface area contributed by atoms with E-state index in [0.717, 1.165) is 44.5 Å². The van der Waals surface area contributed by atoms with Gasteiger partial charge in [0.1, 0.15) is 5.75 Å². The Morgan fingerprint density at radius 2 is 1.68 bits per heavy atom. The van der Waals surface area contributed by atoms with Crippen molar-refractivity contribution in [3.63, 3.8) is 0 Å². The van der Waals surface area contributed by atoms with Crippen LogP contribution in [0.5, 0.6) is 5.75 Å². The Morgan fingerprint density at radius 3 is 2.41 bits per heavy atom. The van der Waals surface area contributed by atoms with Gasteiger partial charge in [-0.05, 0) is 96.4 Å². The summed E-state index contributed by atoms with van der Waals surface area (Å²) in [4.78, 5) is 29.7. The van der Waals surface area contributed by atoms with Crippen LogP contribution in [0.25, 0.3) is 11.3 Å². The Labute approximate surface area is 268 Å². The van der Waals surface area contributed by atoms with Crippen LogP contribution in [0.2, 0.25) is 0 Å². The van der Waals surface area contributed by atoms with Crippen molar-refractivity contribution in [3.05, 3.63) is 123 Å². The van der Waals surface area contributed by atoms with Crippen LogP contribution in [0.15, 0.2) is 99.9 Å². The molecule has 0 atom stereocenters. The zero-order chi connectivity index (χ0) is 31.1. The van der Waals surface area contributed by atoms with Crippen molar-refractivity contribution < 1.29 is 14.3 Å². The largest absolute Gasteiger partial charge is 0.483 e. The van der Waals surface area contributed by atoms with Crippen LogP contribution < -0.4 is 20.8 Å². The van der Waals surface area contributed by atoms with Crippen molar-refractivity contribution in [3.8, 4) is 17.0 Å². The number of nitrogens with zero attached hydrogens (tertiary/aromatic N) is 2. The third kappa shape index (κ3) is 8.18. The van der Waals surface area contributed by atoms with Gasteiger partial charge in [0, 0.05) is 27.9 Å². The number of aryl methyl sites for hydroxylation is 3. The summed E-state index contributed by atoms with van der Waals surface area (Å²) < 4.78 is 6.34. The number of rotatable bonds is 10. The maximum atomic E-state index is 12.6.